The number of hydrogen-bond donors (Lipinski definition) is 3. The molecule has 0 saturated carbocycles. The van der Waals surface area contributed by atoms with E-state index in [0.29, 0.717) is 24.2 Å². The number of guanidine groups is 1. The molecule has 0 saturated heterocycles. The van der Waals surface area contributed by atoms with Crippen molar-refractivity contribution in [3.05, 3.63) is 84.4 Å². The molecule has 0 aliphatic rings. The Bertz CT molecular complexity index is 1350. The number of rotatable bonds is 10. The number of sulfonamides is 1. The Balaban J connectivity index is 1.75. The minimum atomic E-state index is -4.05. The standard InChI is InChI=1S/C26H27N5O4S/c1-2-3-15-25(32)35-31-36(33,34)24-14-8-12-22(17-24)21-11-7-13-23(16-21)30-26(29-19-27)28-18-20-9-5-4-6-10-20/h4-14,16-17,31H,2-3,15,18H2,1H3,(H2,28,29,30). The summed E-state index contributed by atoms with van der Waals surface area (Å²) in [6, 6.07) is 23.1. The van der Waals surface area contributed by atoms with E-state index in [4.69, 9.17) is 10.1 Å². The van der Waals surface area contributed by atoms with Gasteiger partial charge in [-0.3, -0.25) is 10.1 Å². The molecule has 0 amide bonds. The third-order valence-electron chi connectivity index (χ3n) is 5.04. The van der Waals surface area contributed by atoms with E-state index in [1.165, 1.54) is 12.1 Å². The van der Waals surface area contributed by atoms with Crippen LogP contribution in [0, 0.1) is 11.5 Å². The zero-order valence-electron chi connectivity index (χ0n) is 19.8. The van der Waals surface area contributed by atoms with E-state index in [0.717, 1.165) is 17.5 Å². The maximum Gasteiger partial charge on any atom is 0.326 e. The van der Waals surface area contributed by atoms with Crippen molar-refractivity contribution in [2.24, 2.45) is 4.99 Å². The van der Waals surface area contributed by atoms with Crippen molar-refractivity contribution in [2.75, 3.05) is 5.32 Å². The summed E-state index contributed by atoms with van der Waals surface area (Å²) < 4.78 is 25.2. The summed E-state index contributed by atoms with van der Waals surface area (Å²) in [6.45, 7) is 2.30. The molecular formula is C26H27N5O4S. The third kappa shape index (κ3) is 7.94. The van der Waals surface area contributed by atoms with Gasteiger partial charge in [0.15, 0.2) is 6.19 Å². The van der Waals surface area contributed by atoms with Gasteiger partial charge in [-0.25, -0.2) is 13.4 Å². The first-order valence-corrected chi connectivity index (χ1v) is 12.8. The fraction of sp³-hybridized carbons (Fsp3) is 0.192. The number of benzene rings is 3. The van der Waals surface area contributed by atoms with Gasteiger partial charge in [-0.15, -0.1) is 0 Å². The number of aliphatic imine (C=N–C) groups is 1. The van der Waals surface area contributed by atoms with Crippen molar-refractivity contribution in [3.63, 3.8) is 0 Å². The lowest BCUT2D eigenvalue weighted by molar-refractivity contribution is -0.147. The van der Waals surface area contributed by atoms with Gasteiger partial charge in [-0.1, -0.05) is 67.9 Å². The first-order valence-electron chi connectivity index (χ1n) is 11.3. The molecule has 0 aromatic heterocycles. The molecule has 9 nitrogen and oxygen atoms in total. The maximum atomic E-state index is 12.6. The van der Waals surface area contributed by atoms with E-state index in [1.807, 2.05) is 54.4 Å². The second-order valence-corrected chi connectivity index (χ2v) is 9.43. The van der Waals surface area contributed by atoms with E-state index in [1.54, 1.807) is 30.3 Å². The molecule has 10 heteroatoms. The van der Waals surface area contributed by atoms with Crippen LogP contribution < -0.4 is 15.5 Å². The van der Waals surface area contributed by atoms with E-state index in [2.05, 4.69) is 15.6 Å². The van der Waals surface area contributed by atoms with Gasteiger partial charge in [0.25, 0.3) is 10.0 Å². The monoisotopic (exact) mass is 505 g/mol. The molecule has 3 rings (SSSR count). The van der Waals surface area contributed by atoms with Crippen LogP contribution in [0.3, 0.4) is 0 Å². The lowest BCUT2D eigenvalue weighted by Crippen LogP contribution is -2.27. The van der Waals surface area contributed by atoms with Crippen LogP contribution in [0.1, 0.15) is 31.7 Å². The zero-order chi connectivity index (χ0) is 25.8. The molecule has 0 fully saturated rings. The van der Waals surface area contributed by atoms with Crippen molar-refractivity contribution in [3.8, 4) is 17.3 Å². The van der Waals surface area contributed by atoms with E-state index in [-0.39, 0.29) is 17.3 Å². The van der Waals surface area contributed by atoms with Crippen LogP contribution >= 0.6 is 0 Å². The van der Waals surface area contributed by atoms with Crippen LogP contribution in [0.2, 0.25) is 0 Å². The summed E-state index contributed by atoms with van der Waals surface area (Å²) in [7, 11) is -4.05. The number of nitrogens with zero attached hydrogens (tertiary/aromatic N) is 2. The van der Waals surface area contributed by atoms with Gasteiger partial charge in [0.05, 0.1) is 11.4 Å². The minimum absolute atomic E-state index is 0.0436. The van der Waals surface area contributed by atoms with Gasteiger partial charge >= 0.3 is 5.97 Å². The number of anilines is 1. The van der Waals surface area contributed by atoms with E-state index >= 15 is 0 Å². The second kappa shape index (κ2) is 13.0. The third-order valence-corrected chi connectivity index (χ3v) is 6.22. The Kier molecular flexibility index (Phi) is 9.56. The number of nitrogens with one attached hydrogen (secondary N) is 3. The van der Waals surface area contributed by atoms with Crippen LogP contribution in [-0.2, 0) is 26.2 Å². The SMILES string of the molecule is CCCCC(=O)ONS(=O)(=O)c1cccc(-c2cccc(NC(=NCc3ccccc3)NC#N)c2)c1. The quantitative estimate of drug-likeness (QED) is 0.123. The fourth-order valence-corrected chi connectivity index (χ4v) is 4.03. The Hall–Kier alpha value is -4.20. The summed E-state index contributed by atoms with van der Waals surface area (Å²) in [5.41, 5.74) is 3.01. The summed E-state index contributed by atoms with van der Waals surface area (Å²) in [4.78, 5) is 22.7. The molecule has 3 aromatic carbocycles. The Morgan fingerprint density at radius 1 is 1.00 bits per heavy atom. The first-order chi connectivity index (χ1) is 17.4. The molecule has 0 radical (unpaired) electrons. The van der Waals surface area contributed by atoms with Crippen molar-refractivity contribution < 1.29 is 18.0 Å². The highest BCUT2D eigenvalue weighted by Crippen LogP contribution is 2.25. The highest BCUT2D eigenvalue weighted by atomic mass is 32.2. The van der Waals surface area contributed by atoms with Crippen molar-refractivity contribution in [1.82, 2.24) is 10.2 Å². The lowest BCUT2D eigenvalue weighted by Gasteiger charge is -2.11. The largest absolute Gasteiger partial charge is 0.356 e. The van der Waals surface area contributed by atoms with Crippen molar-refractivity contribution >= 4 is 27.6 Å². The van der Waals surface area contributed by atoms with Crippen LogP contribution in [0.5, 0.6) is 0 Å². The highest BCUT2D eigenvalue weighted by Gasteiger charge is 2.17. The predicted molar refractivity (Wildman–Crippen MR) is 138 cm³/mol. The van der Waals surface area contributed by atoms with E-state index < -0.39 is 16.0 Å². The van der Waals surface area contributed by atoms with Gasteiger partial charge in [-0.05, 0) is 52.3 Å². The van der Waals surface area contributed by atoms with E-state index in [9.17, 15) is 13.2 Å². The molecule has 3 N–H and O–H groups in total. The number of nitriles is 1. The summed E-state index contributed by atoms with van der Waals surface area (Å²) in [6.07, 6.45) is 3.42. The number of carbonyl (C=O) groups is 1. The number of carbonyl (C=O) groups excluding carboxylic acids is 1. The predicted octanol–water partition coefficient (Wildman–Crippen LogP) is 4.32. The lowest BCUT2D eigenvalue weighted by atomic mass is 10.1. The number of unbranched alkanes of at least 4 members (excludes halogenated alkanes) is 1. The smallest absolute Gasteiger partial charge is 0.326 e. The van der Waals surface area contributed by atoms with Crippen LogP contribution in [-0.4, -0.2) is 20.3 Å². The molecular weight excluding hydrogens is 478 g/mol. The van der Waals surface area contributed by atoms with Crippen molar-refractivity contribution in [2.45, 2.75) is 37.6 Å². The number of hydrogen-bond acceptors (Lipinski definition) is 6. The molecule has 0 aliphatic heterocycles. The molecule has 186 valence electrons. The summed E-state index contributed by atoms with van der Waals surface area (Å²) in [5, 5.41) is 14.7. The van der Waals surface area contributed by atoms with Crippen LogP contribution in [0.15, 0.2) is 88.8 Å². The molecule has 36 heavy (non-hydrogen) atoms. The maximum absolute atomic E-state index is 12.6. The Morgan fingerprint density at radius 2 is 1.72 bits per heavy atom. The Labute approximate surface area is 210 Å². The van der Waals surface area contributed by atoms with Crippen molar-refractivity contribution in [1.29, 1.82) is 5.26 Å². The topological polar surface area (TPSA) is 133 Å². The average Bonchev–Trinajstić information content (AvgIpc) is 2.90. The molecule has 0 spiro atoms. The molecule has 0 aliphatic carbocycles. The fourth-order valence-electron chi connectivity index (χ4n) is 3.19. The highest BCUT2D eigenvalue weighted by molar-refractivity contribution is 7.89. The molecule has 0 atom stereocenters. The second-order valence-electron chi connectivity index (χ2n) is 7.79. The first kappa shape index (κ1) is 26.4. The average molecular weight is 506 g/mol. The van der Waals surface area contributed by atoms with Gasteiger partial charge in [-0.2, -0.15) is 5.26 Å². The molecule has 0 unspecified atom stereocenters. The summed E-state index contributed by atoms with van der Waals surface area (Å²) in [5.74, 6) is -0.352. The normalized spacial score (nSPS) is 11.4. The molecule has 3 aromatic rings. The van der Waals surface area contributed by atoms with Crippen LogP contribution in [0.4, 0.5) is 5.69 Å². The zero-order valence-corrected chi connectivity index (χ0v) is 20.6. The minimum Gasteiger partial charge on any atom is -0.356 e. The van der Waals surface area contributed by atoms with Gasteiger partial charge in [0.1, 0.15) is 0 Å². The summed E-state index contributed by atoms with van der Waals surface area (Å²) >= 11 is 0. The van der Waals surface area contributed by atoms with Gasteiger partial charge in [0, 0.05) is 12.1 Å². The molecule has 0 heterocycles. The molecule has 0 bridgehead atoms. The van der Waals surface area contributed by atoms with Gasteiger partial charge in [0.2, 0.25) is 5.96 Å². The van der Waals surface area contributed by atoms with Gasteiger partial charge < -0.3 is 10.2 Å². The Morgan fingerprint density at radius 3 is 2.44 bits per heavy atom. The van der Waals surface area contributed by atoms with Crippen LogP contribution in [0.25, 0.3) is 11.1 Å².